The Morgan fingerprint density at radius 1 is 1.19 bits per heavy atom. The fourth-order valence-electron chi connectivity index (χ4n) is 2.07. The number of rotatable bonds is 0. The topological polar surface area (TPSA) is 42.8 Å². The first-order valence-corrected chi connectivity index (χ1v) is 5.21. The molecule has 0 unspecified atom stereocenters. The summed E-state index contributed by atoms with van der Waals surface area (Å²) in [5, 5.41) is 2.26. The summed E-state index contributed by atoms with van der Waals surface area (Å²) in [6.07, 6.45) is 3.66. The standard InChI is InChI=1S/C13H12N3/c1-9-6-8-16(14)13-11(9)5-4-10-3-2-7-15-12(10)13/h2-8H,14H2,1H3/q+1. The van der Waals surface area contributed by atoms with Crippen molar-refractivity contribution in [3.05, 3.63) is 48.3 Å². The highest BCUT2D eigenvalue weighted by Crippen LogP contribution is 2.22. The molecule has 78 valence electrons. The molecule has 0 saturated carbocycles. The van der Waals surface area contributed by atoms with E-state index in [4.69, 9.17) is 5.84 Å². The first kappa shape index (κ1) is 9.09. The normalized spacial score (nSPS) is 11.1. The van der Waals surface area contributed by atoms with Gasteiger partial charge in [-0.15, -0.1) is 0 Å². The molecule has 0 radical (unpaired) electrons. The molecule has 0 amide bonds. The maximum Gasteiger partial charge on any atom is 0.268 e. The molecule has 3 heteroatoms. The number of nitrogens with zero attached hydrogens (tertiary/aromatic N) is 2. The number of aryl methyl sites for hydroxylation is 1. The summed E-state index contributed by atoms with van der Waals surface area (Å²) in [7, 11) is 0. The summed E-state index contributed by atoms with van der Waals surface area (Å²) in [6.45, 7) is 2.08. The molecule has 0 spiro atoms. The van der Waals surface area contributed by atoms with Crippen molar-refractivity contribution in [2.24, 2.45) is 0 Å². The zero-order valence-electron chi connectivity index (χ0n) is 9.01. The van der Waals surface area contributed by atoms with Crippen LogP contribution in [0.1, 0.15) is 5.56 Å². The minimum Gasteiger partial charge on any atom is -0.249 e. The van der Waals surface area contributed by atoms with Gasteiger partial charge in [0.25, 0.3) is 5.52 Å². The number of nitrogen functional groups attached to an aromatic ring is 1. The van der Waals surface area contributed by atoms with Crippen molar-refractivity contribution in [1.29, 1.82) is 0 Å². The maximum atomic E-state index is 5.97. The maximum absolute atomic E-state index is 5.97. The van der Waals surface area contributed by atoms with Gasteiger partial charge in [0, 0.05) is 17.6 Å². The molecule has 3 rings (SSSR count). The van der Waals surface area contributed by atoms with Crippen molar-refractivity contribution in [1.82, 2.24) is 4.98 Å². The number of fused-ring (bicyclic) bond motifs is 3. The second-order valence-electron chi connectivity index (χ2n) is 3.94. The third kappa shape index (κ3) is 1.15. The molecule has 0 fully saturated rings. The molecular weight excluding hydrogens is 198 g/mol. The molecule has 3 aromatic rings. The molecule has 2 heterocycles. The van der Waals surface area contributed by atoms with Crippen LogP contribution in [-0.4, -0.2) is 4.98 Å². The molecule has 3 nitrogen and oxygen atoms in total. The predicted molar refractivity (Wildman–Crippen MR) is 64.3 cm³/mol. The molecule has 2 N–H and O–H groups in total. The quantitative estimate of drug-likeness (QED) is 0.348. The summed E-state index contributed by atoms with van der Waals surface area (Å²) in [5.74, 6) is 5.97. The van der Waals surface area contributed by atoms with Crippen LogP contribution in [0.2, 0.25) is 0 Å². The van der Waals surface area contributed by atoms with E-state index in [1.54, 1.807) is 10.9 Å². The minimum atomic E-state index is 0.950. The van der Waals surface area contributed by atoms with Crippen LogP contribution in [0.5, 0.6) is 0 Å². The SMILES string of the molecule is Cc1cc[n+](N)c2c1ccc1cccnc12. The molecular formula is C13H12N3+. The van der Waals surface area contributed by atoms with Gasteiger partial charge in [-0.2, -0.15) is 0 Å². The average molecular weight is 210 g/mol. The number of hydrogen-bond donors (Lipinski definition) is 1. The summed E-state index contributed by atoms with van der Waals surface area (Å²) in [6, 6.07) is 10.2. The highest BCUT2D eigenvalue weighted by molar-refractivity contribution is 6.01. The molecule has 0 aliphatic rings. The van der Waals surface area contributed by atoms with Gasteiger partial charge in [-0.1, -0.05) is 16.8 Å². The van der Waals surface area contributed by atoms with Crippen LogP contribution >= 0.6 is 0 Å². The lowest BCUT2D eigenvalue weighted by molar-refractivity contribution is -0.610. The first-order valence-electron chi connectivity index (χ1n) is 5.21. The van der Waals surface area contributed by atoms with Crippen LogP contribution in [0, 0.1) is 6.92 Å². The van der Waals surface area contributed by atoms with Gasteiger partial charge < -0.3 is 0 Å². The van der Waals surface area contributed by atoms with Crippen molar-refractivity contribution >= 4 is 21.8 Å². The van der Waals surface area contributed by atoms with E-state index in [1.807, 2.05) is 24.4 Å². The summed E-state index contributed by atoms with van der Waals surface area (Å²) in [4.78, 5) is 4.41. The summed E-state index contributed by atoms with van der Waals surface area (Å²) >= 11 is 0. The van der Waals surface area contributed by atoms with E-state index in [0.29, 0.717) is 0 Å². The molecule has 0 aliphatic carbocycles. The Bertz CT molecular complexity index is 689. The third-order valence-electron chi connectivity index (χ3n) is 2.92. The number of pyridine rings is 2. The van der Waals surface area contributed by atoms with E-state index >= 15 is 0 Å². The second kappa shape index (κ2) is 3.17. The van der Waals surface area contributed by atoms with Crippen LogP contribution in [0.3, 0.4) is 0 Å². The van der Waals surface area contributed by atoms with Crippen molar-refractivity contribution in [3.63, 3.8) is 0 Å². The van der Waals surface area contributed by atoms with Gasteiger partial charge in [-0.25, -0.2) is 10.8 Å². The molecule has 0 aliphatic heterocycles. The van der Waals surface area contributed by atoms with Gasteiger partial charge in [0.15, 0.2) is 6.20 Å². The fraction of sp³-hybridized carbons (Fsp3) is 0.0769. The second-order valence-corrected chi connectivity index (χ2v) is 3.94. The van der Waals surface area contributed by atoms with E-state index in [9.17, 15) is 0 Å². The number of benzene rings is 1. The summed E-state index contributed by atoms with van der Waals surface area (Å²) < 4.78 is 1.64. The van der Waals surface area contributed by atoms with Crippen LogP contribution in [0.4, 0.5) is 0 Å². The van der Waals surface area contributed by atoms with Gasteiger partial charge in [0.2, 0.25) is 0 Å². The number of nitrogens with two attached hydrogens (primary N) is 1. The van der Waals surface area contributed by atoms with Crippen molar-refractivity contribution < 1.29 is 4.68 Å². The number of hydrogen-bond acceptors (Lipinski definition) is 2. The van der Waals surface area contributed by atoms with Gasteiger partial charge in [-0.05, 0) is 24.6 Å². The van der Waals surface area contributed by atoms with Gasteiger partial charge >= 0.3 is 0 Å². The van der Waals surface area contributed by atoms with E-state index in [1.165, 1.54) is 5.56 Å². The van der Waals surface area contributed by atoms with Gasteiger partial charge in [0.05, 0.1) is 5.39 Å². The highest BCUT2D eigenvalue weighted by atomic mass is 15.3. The monoisotopic (exact) mass is 210 g/mol. The lowest BCUT2D eigenvalue weighted by atomic mass is 10.1. The van der Waals surface area contributed by atoms with Crippen LogP contribution in [0.25, 0.3) is 21.8 Å². The Morgan fingerprint density at radius 2 is 2.06 bits per heavy atom. The zero-order valence-corrected chi connectivity index (χ0v) is 9.01. The Hall–Kier alpha value is -2.16. The molecule has 16 heavy (non-hydrogen) atoms. The highest BCUT2D eigenvalue weighted by Gasteiger charge is 2.13. The lowest BCUT2D eigenvalue weighted by Gasteiger charge is -2.02. The van der Waals surface area contributed by atoms with E-state index in [0.717, 1.165) is 21.8 Å². The Kier molecular flexibility index (Phi) is 1.80. The average Bonchev–Trinajstić information content (AvgIpc) is 2.33. The van der Waals surface area contributed by atoms with E-state index < -0.39 is 0 Å². The molecule has 1 aromatic carbocycles. The van der Waals surface area contributed by atoms with Crippen LogP contribution < -0.4 is 10.5 Å². The first-order chi connectivity index (χ1) is 7.77. The molecule has 0 atom stereocenters. The van der Waals surface area contributed by atoms with Crippen LogP contribution in [-0.2, 0) is 0 Å². The van der Waals surface area contributed by atoms with Gasteiger partial charge in [0.1, 0.15) is 5.52 Å². The Balaban J connectivity index is 2.64. The Labute approximate surface area is 93.1 Å². The fourth-order valence-corrected chi connectivity index (χ4v) is 2.07. The smallest absolute Gasteiger partial charge is 0.249 e. The number of aromatic nitrogens is 2. The van der Waals surface area contributed by atoms with Crippen molar-refractivity contribution in [2.75, 3.05) is 5.84 Å². The predicted octanol–water partition coefficient (Wildman–Crippen LogP) is 1.70. The van der Waals surface area contributed by atoms with Crippen LogP contribution in [0.15, 0.2) is 42.7 Å². The summed E-state index contributed by atoms with van der Waals surface area (Å²) in [5.41, 5.74) is 3.15. The van der Waals surface area contributed by atoms with Crippen molar-refractivity contribution in [2.45, 2.75) is 6.92 Å². The minimum absolute atomic E-state index is 0.950. The molecule has 2 aromatic heterocycles. The third-order valence-corrected chi connectivity index (χ3v) is 2.92. The zero-order chi connectivity index (χ0) is 11.1. The molecule has 0 bridgehead atoms. The van der Waals surface area contributed by atoms with E-state index in [-0.39, 0.29) is 0 Å². The van der Waals surface area contributed by atoms with Gasteiger partial charge in [-0.3, -0.25) is 0 Å². The molecule has 0 saturated heterocycles. The van der Waals surface area contributed by atoms with E-state index in [2.05, 4.69) is 24.0 Å². The Morgan fingerprint density at radius 3 is 2.94 bits per heavy atom. The van der Waals surface area contributed by atoms with Crippen molar-refractivity contribution in [3.8, 4) is 0 Å². The largest absolute Gasteiger partial charge is 0.268 e. The lowest BCUT2D eigenvalue weighted by Crippen LogP contribution is -2.44.